The van der Waals surface area contributed by atoms with Crippen molar-refractivity contribution in [2.75, 3.05) is 0 Å². The van der Waals surface area contributed by atoms with Crippen LogP contribution in [0.1, 0.15) is 18.9 Å². The van der Waals surface area contributed by atoms with E-state index >= 15 is 0 Å². The van der Waals surface area contributed by atoms with Gasteiger partial charge in [-0.05, 0) is 69.3 Å². The van der Waals surface area contributed by atoms with Crippen LogP contribution in [0.2, 0.25) is 0 Å². The van der Waals surface area contributed by atoms with Gasteiger partial charge in [-0.25, -0.2) is 4.79 Å². The summed E-state index contributed by atoms with van der Waals surface area (Å²) in [5.41, 5.74) is 0.493. The van der Waals surface area contributed by atoms with Gasteiger partial charge in [0.2, 0.25) is 0 Å². The zero-order valence-corrected chi connectivity index (χ0v) is 15.3. The fourth-order valence-corrected chi connectivity index (χ4v) is 2.92. The highest BCUT2D eigenvalue weighted by Crippen LogP contribution is 2.07. The van der Waals surface area contributed by atoms with E-state index in [0.717, 1.165) is 15.6 Å². The van der Waals surface area contributed by atoms with Crippen molar-refractivity contribution in [3.8, 4) is 0 Å². The van der Waals surface area contributed by atoms with Crippen LogP contribution in [0, 0.1) is 7.14 Å². The average molecular weight is 496 g/mol. The van der Waals surface area contributed by atoms with Crippen molar-refractivity contribution in [2.45, 2.75) is 26.4 Å². The molecular formula is C14H14I2N2O2. The van der Waals surface area contributed by atoms with Crippen LogP contribution < -0.4 is 11.2 Å². The number of aromatic nitrogens is 2. The molecule has 0 spiro atoms. The highest BCUT2D eigenvalue weighted by atomic mass is 127. The molecule has 1 aromatic heterocycles. The van der Waals surface area contributed by atoms with E-state index in [4.69, 9.17) is 0 Å². The molecule has 0 unspecified atom stereocenters. The molecule has 4 nitrogen and oxygen atoms in total. The lowest BCUT2D eigenvalue weighted by atomic mass is 10.2. The monoisotopic (exact) mass is 496 g/mol. The van der Waals surface area contributed by atoms with E-state index in [-0.39, 0.29) is 11.2 Å². The smallest absolute Gasteiger partial charge is 0.299 e. The van der Waals surface area contributed by atoms with Crippen LogP contribution in [0.3, 0.4) is 0 Å². The van der Waals surface area contributed by atoms with Gasteiger partial charge in [-0.1, -0.05) is 19.1 Å². The first-order valence-corrected chi connectivity index (χ1v) is 8.43. The molecule has 0 saturated heterocycles. The van der Waals surface area contributed by atoms with Crippen LogP contribution in [-0.2, 0) is 13.1 Å². The predicted octanol–water partition coefficient (Wildman–Crippen LogP) is 2.68. The Labute approximate surface area is 144 Å². The highest BCUT2D eigenvalue weighted by molar-refractivity contribution is 14.1. The van der Waals surface area contributed by atoms with Crippen molar-refractivity contribution in [1.29, 1.82) is 0 Å². The fraction of sp³-hybridized carbons (Fsp3) is 0.286. The molecule has 0 aliphatic rings. The van der Waals surface area contributed by atoms with Crippen molar-refractivity contribution >= 4 is 45.2 Å². The number of aryl methyl sites for hydroxylation is 1. The van der Waals surface area contributed by atoms with E-state index in [0.29, 0.717) is 16.7 Å². The van der Waals surface area contributed by atoms with Gasteiger partial charge in [-0.15, -0.1) is 0 Å². The third kappa shape index (κ3) is 3.51. The molecule has 0 bridgehead atoms. The van der Waals surface area contributed by atoms with E-state index in [1.54, 1.807) is 10.8 Å². The van der Waals surface area contributed by atoms with Gasteiger partial charge in [-0.3, -0.25) is 13.9 Å². The molecule has 20 heavy (non-hydrogen) atoms. The normalized spacial score (nSPS) is 10.8. The number of hydrogen-bond acceptors (Lipinski definition) is 2. The molecule has 0 aliphatic carbocycles. The molecule has 0 amide bonds. The molecule has 106 valence electrons. The lowest BCUT2D eigenvalue weighted by Gasteiger charge is -2.10. The van der Waals surface area contributed by atoms with Crippen LogP contribution >= 0.6 is 45.2 Å². The van der Waals surface area contributed by atoms with Crippen LogP contribution in [-0.4, -0.2) is 9.13 Å². The Kier molecular flexibility index (Phi) is 5.42. The van der Waals surface area contributed by atoms with Crippen LogP contribution in [0.15, 0.2) is 40.1 Å². The molecule has 0 radical (unpaired) electrons. The summed E-state index contributed by atoms with van der Waals surface area (Å²) in [6.07, 6.45) is 2.50. The van der Waals surface area contributed by atoms with Crippen LogP contribution in [0.25, 0.3) is 0 Å². The van der Waals surface area contributed by atoms with Gasteiger partial charge in [0.15, 0.2) is 0 Å². The summed E-state index contributed by atoms with van der Waals surface area (Å²) in [5, 5.41) is 0. The second kappa shape index (κ2) is 6.88. The summed E-state index contributed by atoms with van der Waals surface area (Å²) in [7, 11) is 0. The van der Waals surface area contributed by atoms with Gasteiger partial charge in [0.05, 0.1) is 10.1 Å². The van der Waals surface area contributed by atoms with E-state index in [1.165, 1.54) is 4.57 Å². The number of halogens is 2. The summed E-state index contributed by atoms with van der Waals surface area (Å²) in [6, 6.07) is 7.83. The van der Waals surface area contributed by atoms with Gasteiger partial charge in [0.25, 0.3) is 5.56 Å². The molecule has 2 aromatic rings. The van der Waals surface area contributed by atoms with E-state index in [1.807, 2.05) is 53.8 Å². The summed E-state index contributed by atoms with van der Waals surface area (Å²) < 4.78 is 4.61. The standard InChI is InChI=1S/C14H14I2N2O2/c1-2-7-17-9-12(16)13(19)18(14(17)20)8-10-3-5-11(15)6-4-10/h3-6,9H,2,7-8H2,1H3. The zero-order valence-electron chi connectivity index (χ0n) is 11.0. The molecule has 6 heteroatoms. The van der Waals surface area contributed by atoms with Crippen molar-refractivity contribution in [3.63, 3.8) is 0 Å². The lowest BCUT2D eigenvalue weighted by molar-refractivity contribution is 0.566. The van der Waals surface area contributed by atoms with Gasteiger partial charge < -0.3 is 0 Å². The molecule has 1 heterocycles. The predicted molar refractivity (Wildman–Crippen MR) is 96.2 cm³/mol. The summed E-state index contributed by atoms with van der Waals surface area (Å²) in [4.78, 5) is 24.5. The summed E-state index contributed by atoms with van der Waals surface area (Å²) in [6.45, 7) is 2.95. The Hall–Kier alpha value is -0.640. The van der Waals surface area contributed by atoms with Crippen molar-refractivity contribution in [2.24, 2.45) is 0 Å². The molecular weight excluding hydrogens is 482 g/mol. The molecule has 0 atom stereocenters. The Morgan fingerprint density at radius 1 is 1.10 bits per heavy atom. The number of nitrogens with zero attached hydrogens (tertiary/aromatic N) is 2. The zero-order chi connectivity index (χ0) is 14.7. The maximum absolute atomic E-state index is 12.3. The lowest BCUT2D eigenvalue weighted by Crippen LogP contribution is -2.41. The fourth-order valence-electron chi connectivity index (χ4n) is 1.93. The molecule has 0 saturated carbocycles. The van der Waals surface area contributed by atoms with E-state index < -0.39 is 0 Å². The topological polar surface area (TPSA) is 44.0 Å². The second-order valence-electron chi connectivity index (χ2n) is 4.47. The Bertz CT molecular complexity index is 717. The minimum Gasteiger partial charge on any atom is -0.299 e. The van der Waals surface area contributed by atoms with Gasteiger partial charge in [-0.2, -0.15) is 0 Å². The molecule has 2 rings (SSSR count). The van der Waals surface area contributed by atoms with Gasteiger partial charge >= 0.3 is 5.69 Å². The number of benzene rings is 1. The van der Waals surface area contributed by atoms with Crippen molar-refractivity contribution in [3.05, 3.63) is 64.0 Å². The number of rotatable bonds is 4. The maximum Gasteiger partial charge on any atom is 0.331 e. The maximum atomic E-state index is 12.3. The summed E-state index contributed by atoms with van der Waals surface area (Å²) in [5.74, 6) is 0. The van der Waals surface area contributed by atoms with Gasteiger partial charge in [0.1, 0.15) is 0 Å². The van der Waals surface area contributed by atoms with Crippen molar-refractivity contribution in [1.82, 2.24) is 9.13 Å². The average Bonchev–Trinajstić information content (AvgIpc) is 2.43. The Morgan fingerprint density at radius 3 is 2.35 bits per heavy atom. The molecule has 0 N–H and O–H groups in total. The second-order valence-corrected chi connectivity index (χ2v) is 6.88. The van der Waals surface area contributed by atoms with Crippen molar-refractivity contribution < 1.29 is 0 Å². The SMILES string of the molecule is CCCn1cc(I)c(=O)n(Cc2ccc(I)cc2)c1=O. The number of hydrogen-bond donors (Lipinski definition) is 0. The molecule has 0 aliphatic heterocycles. The third-order valence-electron chi connectivity index (χ3n) is 2.91. The third-order valence-corrected chi connectivity index (χ3v) is 4.37. The Morgan fingerprint density at radius 2 is 1.75 bits per heavy atom. The van der Waals surface area contributed by atoms with Crippen LogP contribution in [0.5, 0.6) is 0 Å². The van der Waals surface area contributed by atoms with Gasteiger partial charge in [0, 0.05) is 16.3 Å². The quantitative estimate of drug-likeness (QED) is 0.612. The van der Waals surface area contributed by atoms with E-state index in [9.17, 15) is 9.59 Å². The first-order valence-electron chi connectivity index (χ1n) is 6.27. The largest absolute Gasteiger partial charge is 0.331 e. The minimum absolute atomic E-state index is 0.221. The summed E-state index contributed by atoms with van der Waals surface area (Å²) >= 11 is 4.21. The first kappa shape index (κ1) is 15.7. The van der Waals surface area contributed by atoms with E-state index in [2.05, 4.69) is 22.6 Å². The Balaban J connectivity index is 2.47. The molecule has 1 aromatic carbocycles. The highest BCUT2D eigenvalue weighted by Gasteiger charge is 2.09. The molecule has 0 fully saturated rings. The first-order chi connectivity index (χ1) is 9.52. The minimum atomic E-state index is -0.240. The van der Waals surface area contributed by atoms with Crippen LogP contribution in [0.4, 0.5) is 0 Å².